The van der Waals surface area contributed by atoms with Crippen LogP contribution in [0.2, 0.25) is 0 Å². The molecule has 0 bridgehead atoms. The van der Waals surface area contributed by atoms with E-state index in [1.165, 1.54) is 6.07 Å². The van der Waals surface area contributed by atoms with E-state index < -0.39 is 42.0 Å². The molecule has 24 heavy (non-hydrogen) atoms. The molecule has 1 unspecified atom stereocenters. The quantitative estimate of drug-likeness (QED) is 0.848. The summed E-state index contributed by atoms with van der Waals surface area (Å²) in [6.45, 7) is 7.26. The molecule has 0 aliphatic carbocycles. The van der Waals surface area contributed by atoms with Crippen LogP contribution in [0.3, 0.4) is 0 Å². The van der Waals surface area contributed by atoms with Crippen LogP contribution in [0.5, 0.6) is 0 Å². The Morgan fingerprint density at radius 3 is 2.17 bits per heavy atom. The number of rotatable bonds is 4. The summed E-state index contributed by atoms with van der Waals surface area (Å²) in [6.07, 6.45) is -3.86. The van der Waals surface area contributed by atoms with Crippen molar-refractivity contribution in [2.24, 2.45) is 0 Å². The second-order valence-corrected chi connectivity index (χ2v) is 6.80. The van der Waals surface area contributed by atoms with Crippen molar-refractivity contribution in [1.29, 1.82) is 0 Å². The van der Waals surface area contributed by atoms with E-state index >= 15 is 0 Å². The molecule has 1 aliphatic heterocycles. The van der Waals surface area contributed by atoms with Crippen molar-refractivity contribution in [2.75, 3.05) is 0 Å². The molecule has 9 heteroatoms. The van der Waals surface area contributed by atoms with Crippen LogP contribution in [0.1, 0.15) is 51.2 Å². The van der Waals surface area contributed by atoms with Crippen LogP contribution in [0.4, 0.5) is 13.2 Å². The molecule has 5 nitrogen and oxygen atoms in total. The van der Waals surface area contributed by atoms with Gasteiger partial charge in [0.2, 0.25) is 0 Å². The number of halogens is 3. The van der Waals surface area contributed by atoms with E-state index in [4.69, 9.17) is 14.4 Å². The first-order valence-electron chi connectivity index (χ1n) is 7.44. The van der Waals surface area contributed by atoms with Crippen LogP contribution in [-0.4, -0.2) is 34.4 Å². The summed E-state index contributed by atoms with van der Waals surface area (Å²) in [4.78, 5) is 14.6. The average Bonchev–Trinajstić information content (AvgIpc) is 2.63. The van der Waals surface area contributed by atoms with Gasteiger partial charge < -0.3 is 14.4 Å². The van der Waals surface area contributed by atoms with Crippen LogP contribution in [-0.2, 0) is 20.3 Å². The van der Waals surface area contributed by atoms with Crippen LogP contribution in [0.15, 0.2) is 18.3 Å². The minimum atomic E-state index is -4.55. The number of carbonyl (C=O) groups is 1. The van der Waals surface area contributed by atoms with Crippen LogP contribution in [0.25, 0.3) is 0 Å². The molecule has 1 atom stereocenters. The van der Waals surface area contributed by atoms with E-state index in [9.17, 15) is 18.0 Å². The highest BCUT2D eigenvalue weighted by atomic mass is 19.4. The predicted octanol–water partition coefficient (Wildman–Crippen LogP) is 3.29. The minimum absolute atomic E-state index is 0.323. The Bertz CT molecular complexity index is 600. The van der Waals surface area contributed by atoms with Crippen molar-refractivity contribution in [3.63, 3.8) is 0 Å². The smallest absolute Gasteiger partial charge is 0.466 e. The summed E-state index contributed by atoms with van der Waals surface area (Å²) in [5.74, 6) is -1.87. The third-order valence-corrected chi connectivity index (χ3v) is 4.50. The van der Waals surface area contributed by atoms with E-state index in [0.29, 0.717) is 5.56 Å². The molecule has 2 heterocycles. The Labute approximate surface area is 138 Å². The van der Waals surface area contributed by atoms with Crippen molar-refractivity contribution >= 4 is 13.1 Å². The maximum absolute atomic E-state index is 12.6. The Balaban J connectivity index is 2.32. The fraction of sp³-hybridized carbons (Fsp3) is 0.600. The second kappa shape index (κ2) is 6.04. The zero-order chi connectivity index (χ0) is 18.3. The summed E-state index contributed by atoms with van der Waals surface area (Å²) in [5, 5.41) is 9.14. The number of aliphatic carboxylic acids is 1. The first kappa shape index (κ1) is 18.7. The molecule has 1 N–H and O–H groups in total. The van der Waals surface area contributed by atoms with Gasteiger partial charge in [-0.25, -0.2) is 0 Å². The molecule has 2 rings (SSSR count). The van der Waals surface area contributed by atoms with Crippen LogP contribution >= 0.6 is 0 Å². The van der Waals surface area contributed by atoms with Gasteiger partial charge in [-0.05, 0) is 39.3 Å². The van der Waals surface area contributed by atoms with Crippen molar-refractivity contribution < 1.29 is 32.4 Å². The summed E-state index contributed by atoms with van der Waals surface area (Å²) in [6, 6.07) is 2.05. The lowest BCUT2D eigenvalue weighted by atomic mass is 9.66. The SMILES string of the molecule is CC1(C)OB(C(CC(=O)O)c2ccc(C(F)(F)F)nc2)OC1(C)C. The third-order valence-electron chi connectivity index (χ3n) is 4.50. The molecule has 0 spiro atoms. The lowest BCUT2D eigenvalue weighted by Crippen LogP contribution is -2.41. The highest BCUT2D eigenvalue weighted by Crippen LogP contribution is 2.41. The van der Waals surface area contributed by atoms with Crippen molar-refractivity contribution in [1.82, 2.24) is 4.98 Å². The van der Waals surface area contributed by atoms with Crippen molar-refractivity contribution in [3.05, 3.63) is 29.6 Å². The lowest BCUT2D eigenvalue weighted by Gasteiger charge is -2.32. The molecular weight excluding hydrogens is 326 g/mol. The minimum Gasteiger partial charge on any atom is -0.481 e. The maximum Gasteiger partial charge on any atom is 0.466 e. The fourth-order valence-electron chi connectivity index (χ4n) is 2.40. The Hall–Kier alpha value is -1.61. The molecule has 0 amide bonds. The molecule has 1 aromatic rings. The van der Waals surface area contributed by atoms with Crippen molar-refractivity contribution in [3.8, 4) is 0 Å². The molecule has 1 fully saturated rings. The van der Waals surface area contributed by atoms with E-state index in [-0.39, 0.29) is 6.42 Å². The molecule has 1 aromatic heterocycles. The van der Waals surface area contributed by atoms with Gasteiger partial charge in [0.15, 0.2) is 0 Å². The van der Waals surface area contributed by atoms with Crippen LogP contribution in [0, 0.1) is 0 Å². The monoisotopic (exact) mass is 345 g/mol. The van der Waals surface area contributed by atoms with Gasteiger partial charge >= 0.3 is 19.3 Å². The number of nitrogens with zero attached hydrogens (tertiary/aromatic N) is 1. The molecule has 0 saturated carbocycles. The Kier molecular flexibility index (Phi) is 4.71. The standard InChI is InChI=1S/C15H19BF3NO4/c1-13(2)14(3,4)24-16(23-13)10(7-12(21)22)9-5-6-11(20-8-9)15(17,18)19/h5-6,8,10H,7H2,1-4H3,(H,21,22). The highest BCUT2D eigenvalue weighted by molar-refractivity contribution is 6.48. The largest absolute Gasteiger partial charge is 0.481 e. The summed E-state index contributed by atoms with van der Waals surface area (Å²) in [7, 11) is -0.885. The highest BCUT2D eigenvalue weighted by Gasteiger charge is 2.54. The van der Waals surface area contributed by atoms with Gasteiger partial charge in [0, 0.05) is 12.0 Å². The topological polar surface area (TPSA) is 68.7 Å². The van der Waals surface area contributed by atoms with Crippen LogP contribution < -0.4 is 0 Å². The van der Waals surface area contributed by atoms with E-state index in [1.54, 1.807) is 0 Å². The second-order valence-electron chi connectivity index (χ2n) is 6.80. The zero-order valence-corrected chi connectivity index (χ0v) is 13.8. The lowest BCUT2D eigenvalue weighted by molar-refractivity contribution is -0.141. The summed E-state index contributed by atoms with van der Waals surface area (Å²) in [5.41, 5.74) is -2.06. The third kappa shape index (κ3) is 3.72. The molecule has 132 valence electrons. The van der Waals surface area contributed by atoms with E-state index in [0.717, 1.165) is 12.3 Å². The predicted molar refractivity (Wildman–Crippen MR) is 80.3 cm³/mol. The van der Waals surface area contributed by atoms with Gasteiger partial charge in [0.25, 0.3) is 0 Å². The number of aromatic nitrogens is 1. The van der Waals surface area contributed by atoms with Gasteiger partial charge in [-0.1, -0.05) is 6.07 Å². The molecule has 0 radical (unpaired) electrons. The van der Waals surface area contributed by atoms with Gasteiger partial charge in [-0.15, -0.1) is 0 Å². The number of carboxylic acids is 1. The normalized spacial score (nSPS) is 20.9. The number of alkyl halides is 3. The number of hydrogen-bond acceptors (Lipinski definition) is 4. The van der Waals surface area contributed by atoms with Gasteiger partial charge in [-0.3, -0.25) is 9.78 Å². The molecule has 0 aromatic carbocycles. The maximum atomic E-state index is 12.6. The zero-order valence-electron chi connectivity index (χ0n) is 13.8. The number of carboxylic acid groups (broad SMARTS) is 1. The van der Waals surface area contributed by atoms with Gasteiger partial charge in [0.1, 0.15) is 5.69 Å². The number of pyridine rings is 1. The van der Waals surface area contributed by atoms with E-state index in [2.05, 4.69) is 4.98 Å². The molecular formula is C15H19BF3NO4. The average molecular weight is 345 g/mol. The Morgan fingerprint density at radius 1 is 1.25 bits per heavy atom. The van der Waals surface area contributed by atoms with Crippen molar-refractivity contribution in [2.45, 2.75) is 57.3 Å². The summed E-state index contributed by atoms with van der Waals surface area (Å²) >= 11 is 0. The Morgan fingerprint density at radius 2 is 1.79 bits per heavy atom. The van der Waals surface area contributed by atoms with Gasteiger partial charge in [-0.2, -0.15) is 13.2 Å². The summed E-state index contributed by atoms with van der Waals surface area (Å²) < 4.78 is 49.6. The number of hydrogen-bond donors (Lipinski definition) is 1. The molecule has 1 aliphatic rings. The molecule has 1 saturated heterocycles. The van der Waals surface area contributed by atoms with E-state index in [1.807, 2.05) is 27.7 Å². The fourth-order valence-corrected chi connectivity index (χ4v) is 2.40. The first-order chi connectivity index (χ1) is 10.8. The van der Waals surface area contributed by atoms with Gasteiger partial charge in [0.05, 0.1) is 17.6 Å². The first-order valence-corrected chi connectivity index (χ1v) is 7.44.